The lowest BCUT2D eigenvalue weighted by Crippen LogP contribution is -2.35. The van der Waals surface area contributed by atoms with Crippen molar-refractivity contribution in [3.05, 3.63) is 21.9 Å². The van der Waals surface area contributed by atoms with Gasteiger partial charge in [-0.1, -0.05) is 0 Å². The van der Waals surface area contributed by atoms with E-state index in [0.717, 1.165) is 5.75 Å². The first kappa shape index (κ1) is 12.3. The van der Waals surface area contributed by atoms with E-state index >= 15 is 0 Å². The molecule has 0 aromatic carbocycles. The summed E-state index contributed by atoms with van der Waals surface area (Å²) in [7, 11) is -0.708. The standard InChI is InChI=1S/C12H19NOS2/c1-9(8-16(2)14)13-11-4-3-5-12-10(11)6-7-15-12/h6-7,9,11,13H,3-5,8H2,1-2H3. The zero-order valence-electron chi connectivity index (χ0n) is 9.86. The third kappa shape index (κ3) is 2.93. The molecule has 1 aliphatic carbocycles. The summed E-state index contributed by atoms with van der Waals surface area (Å²) < 4.78 is 11.2. The summed E-state index contributed by atoms with van der Waals surface area (Å²) in [5, 5.41) is 5.79. The Morgan fingerprint density at radius 1 is 1.69 bits per heavy atom. The first-order chi connectivity index (χ1) is 7.66. The Labute approximate surface area is 104 Å². The van der Waals surface area contributed by atoms with Crippen LogP contribution in [0.15, 0.2) is 11.4 Å². The molecule has 1 aromatic heterocycles. The molecule has 0 fully saturated rings. The molecule has 2 rings (SSSR count). The van der Waals surface area contributed by atoms with Crippen LogP contribution in [-0.2, 0) is 17.2 Å². The molecule has 1 N–H and O–H groups in total. The fourth-order valence-electron chi connectivity index (χ4n) is 2.40. The molecule has 3 atom stereocenters. The molecule has 0 bridgehead atoms. The van der Waals surface area contributed by atoms with E-state index in [4.69, 9.17) is 0 Å². The predicted octanol–water partition coefficient (Wildman–Crippen LogP) is 2.48. The predicted molar refractivity (Wildman–Crippen MR) is 71.5 cm³/mol. The molecule has 90 valence electrons. The Kier molecular flexibility index (Phi) is 4.16. The van der Waals surface area contributed by atoms with Gasteiger partial charge in [-0.3, -0.25) is 4.21 Å². The smallest absolute Gasteiger partial charge is 0.0383 e. The van der Waals surface area contributed by atoms with E-state index < -0.39 is 10.8 Å². The van der Waals surface area contributed by atoms with Gasteiger partial charge in [0.2, 0.25) is 0 Å². The van der Waals surface area contributed by atoms with Crippen molar-refractivity contribution in [2.75, 3.05) is 12.0 Å². The molecule has 0 saturated heterocycles. The Hall–Kier alpha value is -0.190. The van der Waals surface area contributed by atoms with Gasteiger partial charge in [0, 0.05) is 39.8 Å². The van der Waals surface area contributed by atoms with Gasteiger partial charge >= 0.3 is 0 Å². The lowest BCUT2D eigenvalue weighted by atomic mass is 9.93. The van der Waals surface area contributed by atoms with E-state index in [-0.39, 0.29) is 0 Å². The molecule has 3 unspecified atom stereocenters. The zero-order chi connectivity index (χ0) is 11.5. The Bertz CT molecular complexity index is 375. The number of hydrogen-bond acceptors (Lipinski definition) is 3. The van der Waals surface area contributed by atoms with Crippen LogP contribution in [0.4, 0.5) is 0 Å². The van der Waals surface area contributed by atoms with Crippen LogP contribution in [-0.4, -0.2) is 22.3 Å². The minimum atomic E-state index is -0.708. The van der Waals surface area contributed by atoms with Gasteiger partial charge in [0.25, 0.3) is 0 Å². The van der Waals surface area contributed by atoms with E-state index in [0.29, 0.717) is 12.1 Å². The molecule has 4 heteroatoms. The summed E-state index contributed by atoms with van der Waals surface area (Å²) in [6.07, 6.45) is 5.49. The topological polar surface area (TPSA) is 29.1 Å². The second-order valence-corrected chi connectivity index (χ2v) is 7.03. The van der Waals surface area contributed by atoms with Crippen molar-refractivity contribution in [1.29, 1.82) is 0 Å². The summed E-state index contributed by atoms with van der Waals surface area (Å²) in [5.74, 6) is 0.746. The van der Waals surface area contributed by atoms with Crippen molar-refractivity contribution in [3.63, 3.8) is 0 Å². The molecule has 0 saturated carbocycles. The van der Waals surface area contributed by atoms with Crippen LogP contribution < -0.4 is 5.32 Å². The van der Waals surface area contributed by atoms with Crippen LogP contribution in [0.5, 0.6) is 0 Å². The van der Waals surface area contributed by atoms with Crippen LogP contribution in [0, 0.1) is 0 Å². The number of aryl methyl sites for hydroxylation is 1. The molecule has 0 radical (unpaired) electrons. The summed E-state index contributed by atoms with van der Waals surface area (Å²) in [4.78, 5) is 1.54. The number of hydrogen-bond donors (Lipinski definition) is 1. The molecule has 0 spiro atoms. The molecule has 0 aliphatic heterocycles. The lowest BCUT2D eigenvalue weighted by Gasteiger charge is -2.26. The third-order valence-corrected chi connectivity index (χ3v) is 4.99. The van der Waals surface area contributed by atoms with Gasteiger partial charge in [-0.2, -0.15) is 0 Å². The lowest BCUT2D eigenvalue weighted by molar-refractivity contribution is 0.428. The summed E-state index contributed by atoms with van der Waals surface area (Å²) in [6.45, 7) is 2.13. The normalized spacial score (nSPS) is 23.8. The molecule has 1 heterocycles. The highest BCUT2D eigenvalue weighted by molar-refractivity contribution is 7.84. The van der Waals surface area contributed by atoms with Crippen LogP contribution in [0.25, 0.3) is 0 Å². The number of nitrogens with one attached hydrogen (secondary N) is 1. The number of fused-ring (bicyclic) bond motifs is 1. The summed E-state index contributed by atoms with van der Waals surface area (Å²) >= 11 is 1.87. The zero-order valence-corrected chi connectivity index (χ0v) is 11.5. The van der Waals surface area contributed by atoms with Gasteiger partial charge in [0.1, 0.15) is 0 Å². The Morgan fingerprint density at radius 2 is 2.50 bits per heavy atom. The monoisotopic (exact) mass is 257 g/mol. The van der Waals surface area contributed by atoms with Crippen LogP contribution in [0.2, 0.25) is 0 Å². The minimum absolute atomic E-state index is 0.335. The fraction of sp³-hybridized carbons (Fsp3) is 0.667. The van der Waals surface area contributed by atoms with Gasteiger partial charge < -0.3 is 5.32 Å². The Balaban J connectivity index is 1.99. The molecule has 16 heavy (non-hydrogen) atoms. The maximum atomic E-state index is 11.2. The van der Waals surface area contributed by atoms with Crippen LogP contribution >= 0.6 is 11.3 Å². The van der Waals surface area contributed by atoms with Gasteiger partial charge in [-0.25, -0.2) is 0 Å². The first-order valence-electron chi connectivity index (χ1n) is 5.79. The van der Waals surface area contributed by atoms with E-state index in [2.05, 4.69) is 23.7 Å². The van der Waals surface area contributed by atoms with Crippen molar-refractivity contribution in [2.24, 2.45) is 0 Å². The Morgan fingerprint density at radius 3 is 3.25 bits per heavy atom. The largest absolute Gasteiger partial charge is 0.306 e. The third-order valence-electron chi connectivity index (χ3n) is 3.02. The average molecular weight is 257 g/mol. The molecule has 1 aromatic rings. The van der Waals surface area contributed by atoms with E-state index in [1.165, 1.54) is 29.7 Å². The van der Waals surface area contributed by atoms with Crippen LogP contribution in [0.1, 0.15) is 36.2 Å². The SMILES string of the molecule is CC(CS(C)=O)NC1CCCc2sccc21. The summed E-state index contributed by atoms with van der Waals surface area (Å²) in [5.41, 5.74) is 1.48. The molecule has 0 amide bonds. The second-order valence-electron chi connectivity index (χ2n) is 4.55. The van der Waals surface area contributed by atoms with E-state index in [1.54, 1.807) is 6.26 Å². The van der Waals surface area contributed by atoms with Gasteiger partial charge in [-0.15, -0.1) is 11.3 Å². The second kappa shape index (κ2) is 5.43. The van der Waals surface area contributed by atoms with E-state index in [9.17, 15) is 4.21 Å². The molecule has 1 aliphatic rings. The molecule has 2 nitrogen and oxygen atoms in total. The quantitative estimate of drug-likeness (QED) is 0.898. The number of rotatable bonds is 4. The summed E-state index contributed by atoms with van der Waals surface area (Å²) in [6, 6.07) is 3.06. The van der Waals surface area contributed by atoms with Gasteiger partial charge in [0.15, 0.2) is 0 Å². The van der Waals surface area contributed by atoms with Crippen molar-refractivity contribution in [3.8, 4) is 0 Å². The molecular weight excluding hydrogens is 238 g/mol. The highest BCUT2D eigenvalue weighted by Gasteiger charge is 2.22. The minimum Gasteiger partial charge on any atom is -0.306 e. The van der Waals surface area contributed by atoms with Crippen LogP contribution in [0.3, 0.4) is 0 Å². The number of thiophene rings is 1. The first-order valence-corrected chi connectivity index (χ1v) is 8.40. The van der Waals surface area contributed by atoms with Crippen molar-refractivity contribution >= 4 is 22.1 Å². The van der Waals surface area contributed by atoms with Crippen molar-refractivity contribution < 1.29 is 4.21 Å². The fourth-order valence-corrected chi connectivity index (χ4v) is 4.19. The highest BCUT2D eigenvalue weighted by atomic mass is 32.2. The highest BCUT2D eigenvalue weighted by Crippen LogP contribution is 2.33. The van der Waals surface area contributed by atoms with Gasteiger partial charge in [-0.05, 0) is 43.2 Å². The average Bonchev–Trinajstić information content (AvgIpc) is 2.65. The van der Waals surface area contributed by atoms with E-state index in [1.807, 2.05) is 11.3 Å². The van der Waals surface area contributed by atoms with Crippen molar-refractivity contribution in [2.45, 2.75) is 38.3 Å². The maximum Gasteiger partial charge on any atom is 0.0383 e. The van der Waals surface area contributed by atoms with Gasteiger partial charge in [0.05, 0.1) is 0 Å². The van der Waals surface area contributed by atoms with Crippen molar-refractivity contribution in [1.82, 2.24) is 5.32 Å². The maximum absolute atomic E-state index is 11.2. The molecular formula is C12H19NOS2.